The number of carbonyl (C=O) groups is 2. The molecule has 0 radical (unpaired) electrons. The number of ether oxygens (including phenoxy) is 4. The van der Waals surface area contributed by atoms with Crippen molar-refractivity contribution in [3.05, 3.63) is 58.7 Å². The van der Waals surface area contributed by atoms with Crippen LogP contribution in [0.4, 0.5) is 0 Å². The first-order chi connectivity index (χ1) is 19.4. The number of carbonyl (C=O) groups excluding carboxylic acids is 2. The highest BCUT2D eigenvalue weighted by Crippen LogP contribution is 2.42. The molecule has 2 fully saturated rings. The molecule has 1 N–H and O–H groups in total. The van der Waals surface area contributed by atoms with Gasteiger partial charge in [0.15, 0.2) is 11.5 Å². The van der Waals surface area contributed by atoms with Gasteiger partial charge < -0.3 is 29.0 Å². The number of hydrogen-bond acceptors (Lipinski definition) is 8. The van der Waals surface area contributed by atoms with E-state index in [1.54, 1.807) is 49.5 Å². The van der Waals surface area contributed by atoms with Crippen LogP contribution < -0.4 is 14.2 Å². The average molecular weight is 553 g/mol. The fourth-order valence-electron chi connectivity index (χ4n) is 5.22. The molecule has 0 aliphatic carbocycles. The predicted molar refractivity (Wildman–Crippen MR) is 152 cm³/mol. The first-order valence-electron chi connectivity index (χ1n) is 13.9. The van der Waals surface area contributed by atoms with Crippen LogP contribution in [0.3, 0.4) is 0 Å². The number of aliphatic hydroxyl groups excluding tert-OH is 1. The second-order valence-electron chi connectivity index (χ2n) is 10.1. The molecule has 4 rings (SSSR count). The number of aryl methyl sites for hydroxylation is 1. The van der Waals surface area contributed by atoms with Gasteiger partial charge in [-0.25, -0.2) is 0 Å². The van der Waals surface area contributed by atoms with Crippen molar-refractivity contribution in [2.24, 2.45) is 0 Å². The van der Waals surface area contributed by atoms with Crippen molar-refractivity contribution in [3.8, 4) is 17.2 Å². The Kier molecular flexibility index (Phi) is 10.1. The van der Waals surface area contributed by atoms with Gasteiger partial charge in [0.2, 0.25) is 0 Å². The molecule has 2 aliphatic rings. The fourth-order valence-corrected chi connectivity index (χ4v) is 5.22. The Morgan fingerprint density at radius 2 is 1.77 bits per heavy atom. The summed E-state index contributed by atoms with van der Waals surface area (Å²) >= 11 is 0. The summed E-state index contributed by atoms with van der Waals surface area (Å²) in [5.74, 6) is 0.204. The quantitative estimate of drug-likeness (QED) is 0.180. The van der Waals surface area contributed by atoms with Gasteiger partial charge in [-0.2, -0.15) is 0 Å². The number of ketones is 1. The minimum absolute atomic E-state index is 0.0614. The van der Waals surface area contributed by atoms with Gasteiger partial charge in [0.05, 0.1) is 45.7 Å². The molecule has 1 unspecified atom stereocenters. The number of morpholine rings is 1. The van der Waals surface area contributed by atoms with E-state index in [1.165, 1.54) is 0 Å². The lowest BCUT2D eigenvalue weighted by molar-refractivity contribution is -0.140. The zero-order valence-electron chi connectivity index (χ0n) is 23.9. The van der Waals surface area contributed by atoms with Crippen molar-refractivity contribution in [1.29, 1.82) is 0 Å². The molecule has 0 saturated carbocycles. The topological polar surface area (TPSA) is 97.8 Å². The number of methoxy groups -OCH3 is 2. The van der Waals surface area contributed by atoms with Gasteiger partial charge in [-0.15, -0.1) is 0 Å². The molecule has 2 aromatic carbocycles. The van der Waals surface area contributed by atoms with E-state index >= 15 is 0 Å². The van der Waals surface area contributed by atoms with E-state index in [9.17, 15) is 14.7 Å². The largest absolute Gasteiger partial charge is 0.507 e. The lowest BCUT2D eigenvalue weighted by Crippen LogP contribution is -2.39. The Morgan fingerprint density at radius 1 is 1.00 bits per heavy atom. The van der Waals surface area contributed by atoms with Crippen LogP contribution in [-0.4, -0.2) is 86.8 Å². The molecule has 2 saturated heterocycles. The molecule has 0 spiro atoms. The number of aliphatic hydroxyl groups is 1. The van der Waals surface area contributed by atoms with Crippen LogP contribution in [0.1, 0.15) is 48.9 Å². The molecule has 0 aromatic heterocycles. The number of Topliss-reactive ketones (excluding diaryl/α,β-unsaturated/α-hetero) is 1. The van der Waals surface area contributed by atoms with Crippen molar-refractivity contribution in [1.82, 2.24) is 9.80 Å². The molecule has 1 amide bonds. The van der Waals surface area contributed by atoms with Crippen LogP contribution in [0.15, 0.2) is 42.0 Å². The van der Waals surface area contributed by atoms with Gasteiger partial charge in [-0.1, -0.05) is 19.4 Å². The second kappa shape index (κ2) is 13.7. The van der Waals surface area contributed by atoms with Gasteiger partial charge in [0, 0.05) is 31.7 Å². The molecular weight excluding hydrogens is 512 g/mol. The third-order valence-corrected chi connectivity index (χ3v) is 7.46. The minimum Gasteiger partial charge on any atom is -0.507 e. The molecule has 9 nitrogen and oxygen atoms in total. The van der Waals surface area contributed by atoms with Crippen molar-refractivity contribution in [2.45, 2.75) is 39.2 Å². The van der Waals surface area contributed by atoms with Crippen molar-refractivity contribution < 1.29 is 33.6 Å². The highest BCUT2D eigenvalue weighted by Gasteiger charge is 2.46. The highest BCUT2D eigenvalue weighted by atomic mass is 16.5. The zero-order valence-corrected chi connectivity index (χ0v) is 23.9. The van der Waals surface area contributed by atoms with E-state index < -0.39 is 17.7 Å². The summed E-state index contributed by atoms with van der Waals surface area (Å²) in [7, 11) is 3.13. The second-order valence-corrected chi connectivity index (χ2v) is 10.1. The van der Waals surface area contributed by atoms with Gasteiger partial charge in [0.25, 0.3) is 11.7 Å². The van der Waals surface area contributed by atoms with Crippen LogP contribution in [0.5, 0.6) is 17.2 Å². The monoisotopic (exact) mass is 552 g/mol. The van der Waals surface area contributed by atoms with Gasteiger partial charge in [-0.05, 0) is 61.2 Å². The maximum atomic E-state index is 13.5. The highest BCUT2D eigenvalue weighted by molar-refractivity contribution is 6.46. The zero-order chi connectivity index (χ0) is 28.6. The van der Waals surface area contributed by atoms with Crippen molar-refractivity contribution in [2.75, 3.05) is 60.2 Å². The Balaban J connectivity index is 1.72. The summed E-state index contributed by atoms with van der Waals surface area (Å²) in [6.07, 6.45) is 2.60. The first-order valence-corrected chi connectivity index (χ1v) is 13.9. The molecule has 2 aromatic rings. The van der Waals surface area contributed by atoms with Crippen molar-refractivity contribution >= 4 is 17.4 Å². The summed E-state index contributed by atoms with van der Waals surface area (Å²) in [4.78, 5) is 30.8. The van der Waals surface area contributed by atoms with Crippen molar-refractivity contribution in [3.63, 3.8) is 0 Å². The molecule has 2 heterocycles. The van der Waals surface area contributed by atoms with Gasteiger partial charge in [0.1, 0.15) is 11.5 Å². The summed E-state index contributed by atoms with van der Waals surface area (Å²) in [6.45, 7) is 8.70. The molecule has 2 aliphatic heterocycles. The SMILES string of the molecule is CCCCOc1ccc(C2/C(=C(\O)c3ccc(OC)cc3C)C(=O)C(=O)N2CCCN2CCOCC2)cc1OC. The lowest BCUT2D eigenvalue weighted by atomic mass is 9.93. The molecular formula is C31H40N2O7. The Bertz CT molecular complexity index is 1240. The minimum atomic E-state index is -0.773. The third kappa shape index (κ3) is 6.42. The third-order valence-electron chi connectivity index (χ3n) is 7.46. The van der Waals surface area contributed by atoms with Crippen LogP contribution in [-0.2, 0) is 14.3 Å². The van der Waals surface area contributed by atoms with Crippen LogP contribution in [0.2, 0.25) is 0 Å². The summed E-state index contributed by atoms with van der Waals surface area (Å²) in [6, 6.07) is 9.87. The van der Waals surface area contributed by atoms with Gasteiger partial charge >= 0.3 is 0 Å². The lowest BCUT2D eigenvalue weighted by Gasteiger charge is -2.29. The Morgan fingerprint density at radius 3 is 2.45 bits per heavy atom. The number of amides is 1. The number of benzene rings is 2. The number of hydrogen-bond donors (Lipinski definition) is 1. The maximum absolute atomic E-state index is 13.5. The van der Waals surface area contributed by atoms with Crippen LogP contribution in [0, 0.1) is 6.92 Å². The van der Waals surface area contributed by atoms with E-state index in [1.807, 2.05) is 13.0 Å². The fraction of sp³-hybridized carbons (Fsp3) is 0.484. The normalized spacial score (nSPS) is 19.2. The van der Waals surface area contributed by atoms with E-state index in [-0.39, 0.29) is 11.3 Å². The molecule has 9 heteroatoms. The van der Waals surface area contributed by atoms with Crippen LogP contribution in [0.25, 0.3) is 5.76 Å². The molecule has 216 valence electrons. The van der Waals surface area contributed by atoms with E-state index in [0.29, 0.717) is 61.2 Å². The average Bonchev–Trinajstić information content (AvgIpc) is 3.22. The standard InChI is InChI=1S/C31H40N2O7/c1-5-6-16-40-25-11-8-22(20-26(25)38-4)28-27(29(34)24-10-9-23(37-3)19-21(24)2)30(35)31(36)33(28)13-7-12-32-14-17-39-18-15-32/h8-11,19-20,28,34H,5-7,12-18H2,1-4H3/b29-27+. The predicted octanol–water partition coefficient (Wildman–Crippen LogP) is 4.34. The first kappa shape index (κ1) is 29.4. The van der Waals surface area contributed by atoms with Crippen LogP contribution >= 0.6 is 0 Å². The summed E-state index contributed by atoms with van der Waals surface area (Å²) < 4.78 is 22.3. The Hall–Kier alpha value is -3.56. The number of rotatable bonds is 12. The maximum Gasteiger partial charge on any atom is 0.295 e. The smallest absolute Gasteiger partial charge is 0.295 e. The van der Waals surface area contributed by atoms with Gasteiger partial charge in [-0.3, -0.25) is 14.5 Å². The molecule has 0 bridgehead atoms. The molecule has 40 heavy (non-hydrogen) atoms. The number of likely N-dealkylation sites (tertiary alicyclic amines) is 1. The molecule has 1 atom stereocenters. The summed E-state index contributed by atoms with van der Waals surface area (Å²) in [5, 5.41) is 11.5. The van der Waals surface area contributed by atoms with E-state index in [0.717, 1.165) is 38.0 Å². The Labute approximate surface area is 236 Å². The van der Waals surface area contributed by atoms with E-state index in [4.69, 9.17) is 18.9 Å². The summed E-state index contributed by atoms with van der Waals surface area (Å²) in [5.41, 5.74) is 1.93. The van der Waals surface area contributed by atoms with E-state index in [2.05, 4.69) is 11.8 Å². The number of nitrogens with zero attached hydrogens (tertiary/aromatic N) is 2. The number of unbranched alkanes of at least 4 members (excludes halogenated alkanes) is 1.